The Hall–Kier alpha value is -1.05. The molecule has 6 nitrogen and oxygen atoms in total. The van der Waals surface area contributed by atoms with Gasteiger partial charge in [-0.1, -0.05) is 12.1 Å². The maximum absolute atomic E-state index is 10.8. The van der Waals surface area contributed by atoms with Gasteiger partial charge in [0, 0.05) is 13.2 Å². The zero-order chi connectivity index (χ0) is 16.6. The Labute approximate surface area is 133 Å². The van der Waals surface area contributed by atoms with Gasteiger partial charge in [0.1, 0.15) is 0 Å². The molecule has 1 saturated heterocycles. The van der Waals surface area contributed by atoms with Crippen molar-refractivity contribution in [3.63, 3.8) is 0 Å². The smallest absolute Gasteiger partial charge is 0.453 e. The molecule has 22 heavy (non-hydrogen) atoms. The Kier molecular flexibility index (Phi) is 7.39. The van der Waals surface area contributed by atoms with Gasteiger partial charge in [-0.15, -0.1) is 0 Å². The van der Waals surface area contributed by atoms with Gasteiger partial charge in [-0.25, -0.2) is 4.79 Å². The van der Waals surface area contributed by atoms with E-state index >= 15 is 0 Å². The predicted octanol–water partition coefficient (Wildman–Crippen LogP) is 2.33. The minimum atomic E-state index is -0.397. The molecule has 126 valence electrons. The molecule has 1 heterocycles. The van der Waals surface area contributed by atoms with E-state index in [0.717, 1.165) is 12.8 Å². The summed E-state index contributed by atoms with van der Waals surface area (Å²) in [6, 6.07) is 0. The second-order valence-corrected chi connectivity index (χ2v) is 6.25. The first kappa shape index (κ1) is 19.0. The van der Waals surface area contributed by atoms with Crippen molar-refractivity contribution in [3.8, 4) is 0 Å². The summed E-state index contributed by atoms with van der Waals surface area (Å²) < 4.78 is 21.6. The Morgan fingerprint density at radius 3 is 2.41 bits per heavy atom. The van der Waals surface area contributed by atoms with Crippen LogP contribution in [0.5, 0.6) is 0 Å². The lowest BCUT2D eigenvalue weighted by Gasteiger charge is -2.32. The Balaban J connectivity index is 2.05. The molecular weight excluding hydrogens is 285 g/mol. The standard InChI is InChI=1S/C15H28BNO5/c1-14(2)15(3,4)22-16(21-14)9-8-12-20-11-7-6-10-17-13(18)19-5/h8-9H,6-7,10-12H2,1-5H3,(H,17,18)/b9-8+. The van der Waals surface area contributed by atoms with Crippen LogP contribution in [0.4, 0.5) is 4.79 Å². The summed E-state index contributed by atoms with van der Waals surface area (Å²) in [6.45, 7) is 9.88. The maximum Gasteiger partial charge on any atom is 0.486 e. The third-order valence-electron chi connectivity index (χ3n) is 3.95. The molecule has 1 rings (SSSR count). The molecule has 0 aromatic rings. The highest BCUT2D eigenvalue weighted by Gasteiger charge is 2.49. The van der Waals surface area contributed by atoms with Crippen LogP contribution in [-0.2, 0) is 18.8 Å². The maximum atomic E-state index is 10.8. The molecule has 1 aliphatic rings. The summed E-state index contributed by atoms with van der Waals surface area (Å²) in [5.41, 5.74) is -0.620. The summed E-state index contributed by atoms with van der Waals surface area (Å²) in [4.78, 5) is 10.8. The molecule has 0 aromatic heterocycles. The van der Waals surface area contributed by atoms with E-state index in [1.165, 1.54) is 7.11 Å². The number of carbonyl (C=O) groups is 1. The van der Waals surface area contributed by atoms with Gasteiger partial charge in [0.05, 0.1) is 24.9 Å². The van der Waals surface area contributed by atoms with Crippen LogP contribution in [0.2, 0.25) is 0 Å². The van der Waals surface area contributed by atoms with Crippen LogP contribution >= 0.6 is 0 Å². The minimum Gasteiger partial charge on any atom is -0.453 e. The van der Waals surface area contributed by atoms with Crippen molar-refractivity contribution in [2.45, 2.75) is 51.7 Å². The average molecular weight is 313 g/mol. The first-order valence-corrected chi connectivity index (χ1v) is 7.70. The Bertz CT molecular complexity index is 368. The molecule has 0 spiro atoms. The van der Waals surface area contributed by atoms with Crippen LogP contribution in [0.3, 0.4) is 0 Å². The Morgan fingerprint density at radius 2 is 1.82 bits per heavy atom. The highest BCUT2D eigenvalue weighted by molar-refractivity contribution is 6.51. The number of carbonyl (C=O) groups excluding carboxylic acids is 1. The molecule has 0 radical (unpaired) electrons. The van der Waals surface area contributed by atoms with Gasteiger partial charge in [0.25, 0.3) is 0 Å². The van der Waals surface area contributed by atoms with Crippen molar-refractivity contribution in [2.75, 3.05) is 26.9 Å². The fourth-order valence-corrected chi connectivity index (χ4v) is 1.88. The molecule has 1 fully saturated rings. The molecule has 0 saturated carbocycles. The second kappa shape index (κ2) is 8.55. The van der Waals surface area contributed by atoms with E-state index in [1.54, 1.807) is 0 Å². The lowest BCUT2D eigenvalue weighted by molar-refractivity contribution is 0.00578. The van der Waals surface area contributed by atoms with Crippen molar-refractivity contribution in [3.05, 3.63) is 12.1 Å². The fraction of sp³-hybridized carbons (Fsp3) is 0.800. The van der Waals surface area contributed by atoms with E-state index in [9.17, 15) is 4.79 Å². The summed E-state index contributed by atoms with van der Waals surface area (Å²) in [7, 11) is 1.03. The van der Waals surface area contributed by atoms with Gasteiger partial charge in [0.15, 0.2) is 0 Å². The minimum absolute atomic E-state index is 0.310. The van der Waals surface area contributed by atoms with Gasteiger partial charge >= 0.3 is 13.2 Å². The molecule has 0 aliphatic carbocycles. The number of alkyl carbamates (subject to hydrolysis) is 1. The van der Waals surface area contributed by atoms with Crippen LogP contribution in [0.1, 0.15) is 40.5 Å². The number of methoxy groups -OCH3 is 1. The highest BCUT2D eigenvalue weighted by atomic mass is 16.7. The number of rotatable bonds is 8. The number of ether oxygens (including phenoxy) is 2. The largest absolute Gasteiger partial charge is 0.486 e. The van der Waals surface area contributed by atoms with Gasteiger partial charge in [-0.05, 0) is 40.5 Å². The van der Waals surface area contributed by atoms with E-state index < -0.39 is 6.09 Å². The quantitative estimate of drug-likeness (QED) is 0.550. The van der Waals surface area contributed by atoms with Crippen LogP contribution in [0, 0.1) is 0 Å². The molecule has 0 atom stereocenters. The topological polar surface area (TPSA) is 66.0 Å². The number of hydrogen-bond donors (Lipinski definition) is 1. The zero-order valence-corrected chi connectivity index (χ0v) is 14.3. The first-order chi connectivity index (χ1) is 10.3. The molecule has 0 aromatic carbocycles. The molecule has 7 heteroatoms. The van der Waals surface area contributed by atoms with Crippen molar-refractivity contribution in [1.82, 2.24) is 5.32 Å². The number of hydrogen-bond acceptors (Lipinski definition) is 5. The van der Waals surface area contributed by atoms with Gasteiger partial charge in [0.2, 0.25) is 0 Å². The van der Waals surface area contributed by atoms with Crippen LogP contribution < -0.4 is 5.32 Å². The number of amides is 1. The van der Waals surface area contributed by atoms with Crippen LogP contribution in [-0.4, -0.2) is 51.3 Å². The van der Waals surface area contributed by atoms with E-state index in [4.69, 9.17) is 14.0 Å². The summed E-state index contributed by atoms with van der Waals surface area (Å²) in [5.74, 6) is 1.88. The summed E-state index contributed by atoms with van der Waals surface area (Å²) in [5, 5.41) is 2.62. The van der Waals surface area contributed by atoms with Gasteiger partial charge < -0.3 is 24.1 Å². The highest BCUT2D eigenvalue weighted by Crippen LogP contribution is 2.36. The van der Waals surface area contributed by atoms with Crippen molar-refractivity contribution >= 4 is 13.2 Å². The van der Waals surface area contributed by atoms with E-state index in [-0.39, 0.29) is 18.3 Å². The SMILES string of the molecule is COC(=O)NCCCCOC/C=C/B1OC(C)(C)C(C)(C)O1. The summed E-state index contributed by atoms with van der Waals surface area (Å²) >= 11 is 0. The predicted molar refractivity (Wildman–Crippen MR) is 85.7 cm³/mol. The second-order valence-electron chi connectivity index (χ2n) is 6.25. The monoisotopic (exact) mass is 313 g/mol. The Morgan fingerprint density at radius 1 is 1.18 bits per heavy atom. The molecule has 1 N–H and O–H groups in total. The van der Waals surface area contributed by atoms with E-state index in [1.807, 2.05) is 39.7 Å². The van der Waals surface area contributed by atoms with Gasteiger partial charge in [-0.2, -0.15) is 0 Å². The molecule has 1 amide bonds. The lowest BCUT2D eigenvalue weighted by atomic mass is 9.90. The number of unbranched alkanes of at least 4 members (excludes halogenated alkanes) is 1. The van der Waals surface area contributed by atoms with Crippen LogP contribution in [0.15, 0.2) is 12.1 Å². The normalized spacial score (nSPS) is 19.6. The zero-order valence-electron chi connectivity index (χ0n) is 14.3. The molecule has 0 bridgehead atoms. The first-order valence-electron chi connectivity index (χ1n) is 7.70. The van der Waals surface area contributed by atoms with Gasteiger partial charge in [-0.3, -0.25) is 0 Å². The summed E-state index contributed by atoms with van der Waals surface area (Å²) in [6.07, 6.45) is 3.26. The molecular formula is C15H28BNO5. The third-order valence-corrected chi connectivity index (χ3v) is 3.95. The fourth-order valence-electron chi connectivity index (χ4n) is 1.88. The average Bonchev–Trinajstić information content (AvgIpc) is 2.64. The third kappa shape index (κ3) is 5.98. The van der Waals surface area contributed by atoms with Crippen molar-refractivity contribution < 1.29 is 23.6 Å². The molecule has 0 unspecified atom stereocenters. The van der Waals surface area contributed by atoms with Crippen molar-refractivity contribution in [1.29, 1.82) is 0 Å². The lowest BCUT2D eigenvalue weighted by Crippen LogP contribution is -2.41. The number of nitrogens with one attached hydrogen (secondary N) is 1. The molecule has 1 aliphatic heterocycles. The van der Waals surface area contributed by atoms with Crippen molar-refractivity contribution in [2.24, 2.45) is 0 Å². The van der Waals surface area contributed by atoms with E-state index in [2.05, 4.69) is 10.1 Å². The van der Waals surface area contributed by atoms with Crippen LogP contribution in [0.25, 0.3) is 0 Å². The van der Waals surface area contributed by atoms with E-state index in [0.29, 0.717) is 19.8 Å².